The maximum Gasteiger partial charge on any atom is 0.0253 e. The van der Waals surface area contributed by atoms with Crippen molar-refractivity contribution in [3.8, 4) is 0 Å². The van der Waals surface area contributed by atoms with E-state index >= 15 is 0 Å². The smallest absolute Gasteiger partial charge is 0.0253 e. The van der Waals surface area contributed by atoms with Crippen molar-refractivity contribution in [3.05, 3.63) is 0 Å². The van der Waals surface area contributed by atoms with Gasteiger partial charge in [-0.2, -0.15) is 0 Å². The highest BCUT2D eigenvalue weighted by molar-refractivity contribution is 4.93. The Balaban J connectivity index is 1.96. The van der Waals surface area contributed by atoms with E-state index in [-0.39, 0.29) is 0 Å². The normalized spacial score (nSPS) is 38.5. The summed E-state index contributed by atoms with van der Waals surface area (Å²) in [5, 5.41) is 3.81. The van der Waals surface area contributed by atoms with E-state index in [0.29, 0.717) is 6.04 Å². The van der Waals surface area contributed by atoms with Gasteiger partial charge in [-0.3, -0.25) is 4.90 Å². The Bertz CT molecular complexity index is 267. The lowest BCUT2D eigenvalue weighted by Crippen LogP contribution is -2.60. The van der Waals surface area contributed by atoms with Crippen molar-refractivity contribution in [1.29, 1.82) is 0 Å². The maximum absolute atomic E-state index is 3.81. The van der Waals surface area contributed by atoms with E-state index in [2.05, 4.69) is 42.9 Å². The van der Waals surface area contributed by atoms with Crippen LogP contribution < -0.4 is 5.32 Å². The van der Waals surface area contributed by atoms with Gasteiger partial charge in [0.05, 0.1) is 0 Å². The van der Waals surface area contributed by atoms with Gasteiger partial charge < -0.3 is 10.2 Å². The number of likely N-dealkylation sites (N-methyl/N-ethyl adjacent to an activating group) is 1. The van der Waals surface area contributed by atoms with Gasteiger partial charge in [-0.15, -0.1) is 0 Å². The van der Waals surface area contributed by atoms with Gasteiger partial charge >= 0.3 is 0 Å². The standard InChI is InChI=1S/C16H33N3/c1-5-8-17-15-7-6-13(2)11-16(15)19-10-9-18(4)14(3)12-19/h13-17H,5-12H2,1-4H3. The molecule has 1 aliphatic carbocycles. The van der Waals surface area contributed by atoms with Gasteiger partial charge in [-0.25, -0.2) is 0 Å². The van der Waals surface area contributed by atoms with Crippen LogP contribution in [-0.2, 0) is 0 Å². The fourth-order valence-electron chi connectivity index (χ4n) is 3.70. The molecule has 0 aromatic heterocycles. The first kappa shape index (κ1) is 15.3. The number of nitrogens with one attached hydrogen (secondary N) is 1. The molecule has 0 aromatic rings. The lowest BCUT2D eigenvalue weighted by atomic mass is 9.82. The molecule has 4 atom stereocenters. The van der Waals surface area contributed by atoms with Crippen molar-refractivity contribution in [1.82, 2.24) is 15.1 Å². The zero-order chi connectivity index (χ0) is 13.8. The first-order valence-corrected chi connectivity index (χ1v) is 8.29. The molecule has 4 unspecified atom stereocenters. The van der Waals surface area contributed by atoms with E-state index < -0.39 is 0 Å². The van der Waals surface area contributed by atoms with Crippen molar-refractivity contribution < 1.29 is 0 Å². The SMILES string of the molecule is CCCNC1CCC(C)CC1N1CCN(C)C(C)C1. The minimum absolute atomic E-state index is 0.706. The second-order valence-corrected chi connectivity index (χ2v) is 6.87. The lowest BCUT2D eigenvalue weighted by Gasteiger charge is -2.47. The maximum atomic E-state index is 3.81. The highest BCUT2D eigenvalue weighted by Crippen LogP contribution is 2.29. The predicted molar refractivity (Wildman–Crippen MR) is 82.5 cm³/mol. The summed E-state index contributed by atoms with van der Waals surface area (Å²) < 4.78 is 0. The quantitative estimate of drug-likeness (QED) is 0.842. The molecule has 19 heavy (non-hydrogen) atoms. The largest absolute Gasteiger partial charge is 0.312 e. The molecule has 1 N–H and O–H groups in total. The molecular weight excluding hydrogens is 234 g/mol. The molecule has 3 heteroatoms. The Morgan fingerprint density at radius 1 is 1.16 bits per heavy atom. The molecule has 0 aromatic carbocycles. The van der Waals surface area contributed by atoms with E-state index in [0.717, 1.165) is 18.0 Å². The molecule has 2 rings (SSSR count). The van der Waals surface area contributed by atoms with Crippen LogP contribution in [0.15, 0.2) is 0 Å². The second kappa shape index (κ2) is 7.05. The molecule has 0 radical (unpaired) electrons. The fraction of sp³-hybridized carbons (Fsp3) is 1.00. The Morgan fingerprint density at radius 3 is 2.63 bits per heavy atom. The number of rotatable bonds is 4. The molecule has 1 saturated carbocycles. The van der Waals surface area contributed by atoms with Gasteiger partial charge in [0, 0.05) is 37.8 Å². The molecule has 0 amide bonds. The second-order valence-electron chi connectivity index (χ2n) is 6.87. The molecule has 0 bridgehead atoms. The number of piperazine rings is 1. The van der Waals surface area contributed by atoms with Crippen molar-refractivity contribution in [2.24, 2.45) is 5.92 Å². The first-order chi connectivity index (χ1) is 9.11. The van der Waals surface area contributed by atoms with Gasteiger partial charge in [-0.1, -0.05) is 13.8 Å². The highest BCUT2D eigenvalue weighted by atomic mass is 15.3. The predicted octanol–water partition coefficient (Wildman–Crippen LogP) is 2.18. The monoisotopic (exact) mass is 267 g/mol. The van der Waals surface area contributed by atoms with Crippen molar-refractivity contribution in [3.63, 3.8) is 0 Å². The summed E-state index contributed by atoms with van der Waals surface area (Å²) in [6.07, 6.45) is 5.41. The number of hydrogen-bond donors (Lipinski definition) is 1. The molecule has 112 valence electrons. The Hall–Kier alpha value is -0.120. The molecule has 3 nitrogen and oxygen atoms in total. The van der Waals surface area contributed by atoms with Gasteiger partial charge in [-0.05, 0) is 52.1 Å². The first-order valence-electron chi connectivity index (χ1n) is 8.29. The van der Waals surface area contributed by atoms with Crippen LogP contribution in [0.4, 0.5) is 0 Å². The molecule has 0 spiro atoms. The third kappa shape index (κ3) is 3.93. The summed E-state index contributed by atoms with van der Waals surface area (Å²) in [5.74, 6) is 0.902. The Kier molecular flexibility index (Phi) is 5.67. The van der Waals surface area contributed by atoms with Crippen LogP contribution in [0.3, 0.4) is 0 Å². The third-order valence-electron chi connectivity index (χ3n) is 5.20. The fourth-order valence-corrected chi connectivity index (χ4v) is 3.70. The van der Waals surface area contributed by atoms with Crippen molar-refractivity contribution in [2.75, 3.05) is 33.2 Å². The van der Waals surface area contributed by atoms with Crippen LogP contribution in [0.5, 0.6) is 0 Å². The van der Waals surface area contributed by atoms with Crippen molar-refractivity contribution >= 4 is 0 Å². The lowest BCUT2D eigenvalue weighted by molar-refractivity contribution is 0.0332. The van der Waals surface area contributed by atoms with Crippen LogP contribution in [-0.4, -0.2) is 61.2 Å². The van der Waals surface area contributed by atoms with Gasteiger partial charge in [0.15, 0.2) is 0 Å². The summed E-state index contributed by atoms with van der Waals surface area (Å²) in [5.41, 5.74) is 0. The van der Waals surface area contributed by atoms with Crippen LogP contribution in [0.2, 0.25) is 0 Å². The topological polar surface area (TPSA) is 18.5 Å². The average molecular weight is 267 g/mol. The zero-order valence-corrected chi connectivity index (χ0v) is 13.4. The number of nitrogens with zero attached hydrogens (tertiary/aromatic N) is 2. The highest BCUT2D eigenvalue weighted by Gasteiger charge is 2.35. The van der Waals surface area contributed by atoms with E-state index in [1.54, 1.807) is 0 Å². The molecular formula is C16H33N3. The van der Waals surface area contributed by atoms with Crippen LogP contribution in [0.25, 0.3) is 0 Å². The van der Waals surface area contributed by atoms with Gasteiger partial charge in [0.1, 0.15) is 0 Å². The Morgan fingerprint density at radius 2 is 1.95 bits per heavy atom. The molecule has 2 aliphatic rings. The molecule has 2 fully saturated rings. The summed E-state index contributed by atoms with van der Waals surface area (Å²) in [7, 11) is 2.26. The van der Waals surface area contributed by atoms with Gasteiger partial charge in [0.2, 0.25) is 0 Å². The molecule has 1 heterocycles. The van der Waals surface area contributed by atoms with E-state index in [4.69, 9.17) is 0 Å². The number of hydrogen-bond acceptors (Lipinski definition) is 3. The summed E-state index contributed by atoms with van der Waals surface area (Å²) in [6.45, 7) is 12.0. The molecule has 1 aliphatic heterocycles. The summed E-state index contributed by atoms with van der Waals surface area (Å²) >= 11 is 0. The minimum Gasteiger partial charge on any atom is -0.312 e. The molecule has 1 saturated heterocycles. The van der Waals surface area contributed by atoms with Crippen molar-refractivity contribution in [2.45, 2.75) is 64.6 Å². The third-order valence-corrected chi connectivity index (χ3v) is 5.20. The Labute approximate surface area is 119 Å². The zero-order valence-electron chi connectivity index (χ0n) is 13.4. The van der Waals surface area contributed by atoms with Crippen LogP contribution in [0, 0.1) is 5.92 Å². The van der Waals surface area contributed by atoms with E-state index in [1.165, 1.54) is 51.9 Å². The summed E-state index contributed by atoms with van der Waals surface area (Å²) in [4.78, 5) is 5.27. The van der Waals surface area contributed by atoms with E-state index in [9.17, 15) is 0 Å². The van der Waals surface area contributed by atoms with Crippen LogP contribution in [0.1, 0.15) is 46.5 Å². The summed E-state index contributed by atoms with van der Waals surface area (Å²) in [6, 6.07) is 2.20. The van der Waals surface area contributed by atoms with Crippen LogP contribution >= 0.6 is 0 Å². The van der Waals surface area contributed by atoms with Gasteiger partial charge in [0.25, 0.3) is 0 Å². The average Bonchev–Trinajstić information content (AvgIpc) is 2.40. The minimum atomic E-state index is 0.706. The van der Waals surface area contributed by atoms with E-state index in [1.807, 2.05) is 0 Å².